The predicted molar refractivity (Wildman–Crippen MR) is 54.1 cm³/mol. The topological polar surface area (TPSA) is 61.0 Å². The molecule has 94 valence electrons. The zero-order valence-electron chi connectivity index (χ0n) is 9.00. The lowest BCUT2D eigenvalue weighted by atomic mass is 10.3. The second kappa shape index (κ2) is 4.48. The Bertz CT molecular complexity index is 404. The third-order valence-electron chi connectivity index (χ3n) is 2.30. The molecular weight excluding hydrogens is 235 g/mol. The summed E-state index contributed by atoms with van der Waals surface area (Å²) in [5.41, 5.74) is 6.35. The molecule has 1 heterocycles. The number of alkyl halides is 3. The minimum atomic E-state index is -4.33. The number of aromatic nitrogens is 2. The van der Waals surface area contributed by atoms with Crippen molar-refractivity contribution >= 4 is 5.82 Å². The summed E-state index contributed by atoms with van der Waals surface area (Å²) in [6.07, 6.45) is -2.25. The van der Waals surface area contributed by atoms with Gasteiger partial charge in [0.25, 0.3) is 0 Å². The predicted octanol–water partition coefficient (Wildman–Crippen LogP) is 2.02. The van der Waals surface area contributed by atoms with E-state index in [0.717, 1.165) is 18.5 Å². The highest BCUT2D eigenvalue weighted by Gasteiger charge is 2.28. The zero-order valence-corrected chi connectivity index (χ0v) is 9.00. The van der Waals surface area contributed by atoms with Crippen molar-refractivity contribution in [1.82, 2.24) is 9.97 Å². The summed E-state index contributed by atoms with van der Waals surface area (Å²) in [5.74, 6) is 0.852. The Morgan fingerprint density at radius 1 is 1.35 bits per heavy atom. The number of halogens is 3. The van der Waals surface area contributed by atoms with Crippen LogP contribution in [0.15, 0.2) is 6.07 Å². The van der Waals surface area contributed by atoms with Crippen LogP contribution in [0.25, 0.3) is 0 Å². The van der Waals surface area contributed by atoms with E-state index in [0.29, 0.717) is 5.92 Å². The van der Waals surface area contributed by atoms with Crippen molar-refractivity contribution in [3.63, 3.8) is 0 Å². The quantitative estimate of drug-likeness (QED) is 0.884. The van der Waals surface area contributed by atoms with Gasteiger partial charge in [0.05, 0.1) is 0 Å². The van der Waals surface area contributed by atoms with Crippen LogP contribution >= 0.6 is 0 Å². The molecule has 1 fully saturated rings. The number of rotatable bonds is 4. The summed E-state index contributed by atoms with van der Waals surface area (Å²) in [4.78, 5) is 7.97. The molecule has 0 amide bonds. The molecule has 0 aliphatic heterocycles. The van der Waals surface area contributed by atoms with Gasteiger partial charge in [-0.2, -0.15) is 13.2 Å². The van der Waals surface area contributed by atoms with Crippen LogP contribution < -0.4 is 5.73 Å². The number of hydrogen-bond donors (Lipinski definition) is 1. The van der Waals surface area contributed by atoms with Gasteiger partial charge in [-0.15, -0.1) is 0 Å². The largest absolute Gasteiger partial charge is 0.411 e. The highest BCUT2D eigenvalue weighted by molar-refractivity contribution is 5.32. The summed E-state index contributed by atoms with van der Waals surface area (Å²) in [7, 11) is 0. The van der Waals surface area contributed by atoms with E-state index in [1.54, 1.807) is 6.07 Å². The van der Waals surface area contributed by atoms with Gasteiger partial charge >= 0.3 is 6.18 Å². The third-order valence-corrected chi connectivity index (χ3v) is 2.30. The maximum Gasteiger partial charge on any atom is 0.411 e. The first kappa shape index (κ1) is 12.1. The Balaban J connectivity index is 1.95. The maximum atomic E-state index is 11.9. The van der Waals surface area contributed by atoms with Gasteiger partial charge in [0.2, 0.25) is 0 Å². The third kappa shape index (κ3) is 3.85. The standard InChI is InChI=1S/C10H12F3N3O/c11-10(12,13)5-17-4-9-15-7(6-1-2-6)3-8(14)16-9/h3,6H,1-2,4-5H2,(H2,14,15,16). The van der Waals surface area contributed by atoms with E-state index in [4.69, 9.17) is 5.73 Å². The van der Waals surface area contributed by atoms with Crippen LogP contribution in [0.2, 0.25) is 0 Å². The molecule has 0 radical (unpaired) electrons. The molecule has 0 spiro atoms. The molecule has 1 aliphatic rings. The molecule has 0 atom stereocenters. The Labute approximate surface area is 96.0 Å². The fraction of sp³-hybridized carbons (Fsp3) is 0.600. The average Bonchev–Trinajstić information content (AvgIpc) is 2.97. The van der Waals surface area contributed by atoms with Crippen LogP contribution in [0.3, 0.4) is 0 Å². The number of hydrogen-bond acceptors (Lipinski definition) is 4. The van der Waals surface area contributed by atoms with Crippen LogP contribution in [0.4, 0.5) is 19.0 Å². The minimum Gasteiger partial charge on any atom is -0.384 e. The molecule has 1 saturated carbocycles. The summed E-state index contributed by atoms with van der Waals surface area (Å²) < 4.78 is 40.1. The second-order valence-corrected chi connectivity index (χ2v) is 4.02. The fourth-order valence-corrected chi connectivity index (χ4v) is 1.45. The van der Waals surface area contributed by atoms with Gasteiger partial charge < -0.3 is 10.5 Å². The van der Waals surface area contributed by atoms with Crippen molar-refractivity contribution in [2.75, 3.05) is 12.3 Å². The first-order valence-corrected chi connectivity index (χ1v) is 5.22. The number of anilines is 1. The molecule has 17 heavy (non-hydrogen) atoms. The zero-order chi connectivity index (χ0) is 12.5. The summed E-state index contributed by atoms with van der Waals surface area (Å²) in [6, 6.07) is 1.66. The van der Waals surface area contributed by atoms with E-state index < -0.39 is 12.8 Å². The van der Waals surface area contributed by atoms with Gasteiger partial charge in [0.1, 0.15) is 19.0 Å². The maximum absolute atomic E-state index is 11.9. The molecule has 1 aromatic heterocycles. The van der Waals surface area contributed by atoms with E-state index in [1.807, 2.05) is 0 Å². The van der Waals surface area contributed by atoms with Gasteiger partial charge in [-0.05, 0) is 12.8 Å². The summed E-state index contributed by atoms with van der Waals surface area (Å²) in [5, 5.41) is 0. The van der Waals surface area contributed by atoms with E-state index >= 15 is 0 Å². The van der Waals surface area contributed by atoms with Crippen LogP contribution in [-0.4, -0.2) is 22.8 Å². The second-order valence-electron chi connectivity index (χ2n) is 4.02. The first-order chi connectivity index (χ1) is 7.94. The Morgan fingerprint density at radius 2 is 2.06 bits per heavy atom. The van der Waals surface area contributed by atoms with E-state index in [-0.39, 0.29) is 18.2 Å². The van der Waals surface area contributed by atoms with Gasteiger partial charge in [-0.3, -0.25) is 0 Å². The molecule has 1 aliphatic carbocycles. The molecule has 0 bridgehead atoms. The minimum absolute atomic E-state index is 0.205. The van der Waals surface area contributed by atoms with E-state index in [2.05, 4.69) is 14.7 Å². The SMILES string of the molecule is Nc1cc(C2CC2)nc(COCC(F)(F)F)n1. The molecule has 1 aromatic rings. The summed E-state index contributed by atoms with van der Waals surface area (Å²) >= 11 is 0. The lowest BCUT2D eigenvalue weighted by molar-refractivity contribution is -0.177. The van der Waals surface area contributed by atoms with Crippen LogP contribution in [0, 0.1) is 0 Å². The van der Waals surface area contributed by atoms with Gasteiger partial charge in [-0.25, -0.2) is 9.97 Å². The molecule has 4 nitrogen and oxygen atoms in total. The average molecular weight is 247 g/mol. The summed E-state index contributed by atoms with van der Waals surface area (Å²) in [6.45, 7) is -1.58. The number of nitrogens with two attached hydrogens (primary N) is 1. The number of ether oxygens (including phenoxy) is 1. The first-order valence-electron chi connectivity index (χ1n) is 5.22. The van der Waals surface area contributed by atoms with Gasteiger partial charge in [0, 0.05) is 17.7 Å². The monoisotopic (exact) mass is 247 g/mol. The lowest BCUT2D eigenvalue weighted by Crippen LogP contribution is -2.17. The molecule has 0 aromatic carbocycles. The highest BCUT2D eigenvalue weighted by Crippen LogP contribution is 2.39. The van der Waals surface area contributed by atoms with Gasteiger partial charge in [0.15, 0.2) is 5.82 Å². The molecule has 7 heteroatoms. The van der Waals surface area contributed by atoms with Crippen molar-refractivity contribution < 1.29 is 17.9 Å². The van der Waals surface area contributed by atoms with Crippen molar-refractivity contribution in [3.05, 3.63) is 17.6 Å². The molecule has 2 rings (SSSR count). The van der Waals surface area contributed by atoms with E-state index in [9.17, 15) is 13.2 Å². The Kier molecular flexibility index (Phi) is 3.19. The van der Waals surface area contributed by atoms with Crippen molar-refractivity contribution in [1.29, 1.82) is 0 Å². The normalized spacial score (nSPS) is 16.2. The van der Waals surface area contributed by atoms with Crippen LogP contribution in [-0.2, 0) is 11.3 Å². The van der Waals surface area contributed by atoms with Gasteiger partial charge in [-0.1, -0.05) is 0 Å². The van der Waals surface area contributed by atoms with Crippen molar-refractivity contribution in [3.8, 4) is 0 Å². The van der Waals surface area contributed by atoms with Crippen molar-refractivity contribution in [2.24, 2.45) is 0 Å². The van der Waals surface area contributed by atoms with E-state index in [1.165, 1.54) is 0 Å². The Hall–Kier alpha value is -1.37. The van der Waals surface area contributed by atoms with Crippen LogP contribution in [0.1, 0.15) is 30.3 Å². The molecular formula is C10H12F3N3O. The molecule has 0 unspecified atom stereocenters. The van der Waals surface area contributed by atoms with Crippen LogP contribution in [0.5, 0.6) is 0 Å². The number of nitrogen functional groups attached to an aromatic ring is 1. The molecule has 2 N–H and O–H groups in total. The molecule has 0 saturated heterocycles. The fourth-order valence-electron chi connectivity index (χ4n) is 1.45. The smallest absolute Gasteiger partial charge is 0.384 e. The lowest BCUT2D eigenvalue weighted by Gasteiger charge is -2.08. The highest BCUT2D eigenvalue weighted by atomic mass is 19.4. The number of nitrogens with zero attached hydrogens (tertiary/aromatic N) is 2. The van der Waals surface area contributed by atoms with Crippen molar-refractivity contribution in [2.45, 2.75) is 31.5 Å². The Morgan fingerprint density at radius 3 is 2.65 bits per heavy atom.